The van der Waals surface area contributed by atoms with Crippen molar-refractivity contribution in [3.05, 3.63) is 0 Å². The van der Waals surface area contributed by atoms with Gasteiger partial charge in [-0.3, -0.25) is 5.32 Å². The molecule has 0 radical (unpaired) electrons. The summed E-state index contributed by atoms with van der Waals surface area (Å²) in [6.07, 6.45) is 2.79. The Kier molecular flexibility index (Phi) is 2.63. The second-order valence-electron chi connectivity index (χ2n) is 3.91. The van der Waals surface area contributed by atoms with E-state index in [1.807, 2.05) is 0 Å². The van der Waals surface area contributed by atoms with Gasteiger partial charge in [0.15, 0.2) is 0 Å². The highest BCUT2D eigenvalue weighted by atomic mass is 16.5. The van der Waals surface area contributed by atoms with Crippen LogP contribution >= 0.6 is 0 Å². The van der Waals surface area contributed by atoms with Crippen molar-refractivity contribution in [1.29, 1.82) is 0 Å². The monoisotopic (exact) mass is 170 g/mol. The minimum atomic E-state index is 0.337. The summed E-state index contributed by atoms with van der Waals surface area (Å²) in [5.41, 5.74) is 0. The lowest BCUT2D eigenvalue weighted by molar-refractivity contribution is -0.0326. The fourth-order valence-electron chi connectivity index (χ4n) is 2.10. The highest BCUT2D eigenvalue weighted by molar-refractivity contribution is 4.80. The van der Waals surface area contributed by atoms with E-state index in [0.717, 1.165) is 19.1 Å². The molecule has 3 heteroatoms. The SMILES string of the molecule is CN1CCC(C2NCCCO2)C1. The van der Waals surface area contributed by atoms with Crippen molar-refractivity contribution in [3.63, 3.8) is 0 Å². The van der Waals surface area contributed by atoms with Gasteiger partial charge in [-0.1, -0.05) is 0 Å². The predicted octanol–water partition coefficient (Wildman–Crippen LogP) is 0.274. The van der Waals surface area contributed by atoms with Crippen LogP contribution in [0.4, 0.5) is 0 Å². The Labute approximate surface area is 74.1 Å². The average molecular weight is 170 g/mol. The minimum absolute atomic E-state index is 0.337. The van der Waals surface area contributed by atoms with Crippen LogP contribution in [0, 0.1) is 5.92 Å². The van der Waals surface area contributed by atoms with Crippen LogP contribution in [-0.2, 0) is 4.74 Å². The number of likely N-dealkylation sites (tertiary alicyclic amines) is 1. The van der Waals surface area contributed by atoms with E-state index in [2.05, 4.69) is 17.3 Å². The largest absolute Gasteiger partial charge is 0.363 e. The molecule has 3 nitrogen and oxygen atoms in total. The van der Waals surface area contributed by atoms with Gasteiger partial charge in [-0.2, -0.15) is 0 Å². The van der Waals surface area contributed by atoms with E-state index in [0.29, 0.717) is 6.23 Å². The molecule has 2 aliphatic heterocycles. The summed E-state index contributed by atoms with van der Waals surface area (Å²) in [4.78, 5) is 2.38. The molecule has 2 heterocycles. The van der Waals surface area contributed by atoms with Crippen molar-refractivity contribution in [1.82, 2.24) is 10.2 Å². The summed E-state index contributed by atoms with van der Waals surface area (Å²) in [7, 11) is 2.18. The molecular weight excluding hydrogens is 152 g/mol. The zero-order chi connectivity index (χ0) is 8.39. The number of hydrogen-bond acceptors (Lipinski definition) is 3. The van der Waals surface area contributed by atoms with Gasteiger partial charge >= 0.3 is 0 Å². The maximum atomic E-state index is 5.67. The lowest BCUT2D eigenvalue weighted by Gasteiger charge is -2.28. The molecule has 2 aliphatic rings. The van der Waals surface area contributed by atoms with Crippen molar-refractivity contribution < 1.29 is 4.74 Å². The molecule has 2 atom stereocenters. The van der Waals surface area contributed by atoms with Crippen LogP contribution in [0.3, 0.4) is 0 Å². The van der Waals surface area contributed by atoms with E-state index in [4.69, 9.17) is 4.74 Å². The molecule has 2 saturated heterocycles. The van der Waals surface area contributed by atoms with Crippen LogP contribution < -0.4 is 5.32 Å². The molecule has 2 fully saturated rings. The van der Waals surface area contributed by atoms with Crippen LogP contribution in [-0.4, -0.2) is 44.4 Å². The molecule has 1 N–H and O–H groups in total. The molecule has 2 unspecified atom stereocenters. The van der Waals surface area contributed by atoms with Crippen LogP contribution in [0.15, 0.2) is 0 Å². The third-order valence-corrected chi connectivity index (χ3v) is 2.82. The van der Waals surface area contributed by atoms with E-state index in [1.165, 1.54) is 25.9 Å². The van der Waals surface area contributed by atoms with E-state index in [9.17, 15) is 0 Å². The van der Waals surface area contributed by atoms with Gasteiger partial charge in [-0.25, -0.2) is 0 Å². The van der Waals surface area contributed by atoms with Gasteiger partial charge in [0.05, 0.1) is 0 Å². The molecule has 0 aliphatic carbocycles. The second kappa shape index (κ2) is 3.73. The average Bonchev–Trinajstić information content (AvgIpc) is 2.54. The zero-order valence-electron chi connectivity index (χ0n) is 7.75. The van der Waals surface area contributed by atoms with Gasteiger partial charge in [-0.05, 0) is 33.0 Å². The number of hydrogen-bond donors (Lipinski definition) is 1. The summed E-state index contributed by atoms with van der Waals surface area (Å²) in [5, 5.41) is 3.43. The highest BCUT2D eigenvalue weighted by Gasteiger charge is 2.29. The molecule has 0 aromatic carbocycles. The van der Waals surface area contributed by atoms with E-state index in [-0.39, 0.29) is 0 Å². The van der Waals surface area contributed by atoms with Crippen molar-refractivity contribution >= 4 is 0 Å². The first-order valence-electron chi connectivity index (χ1n) is 4.90. The third-order valence-electron chi connectivity index (χ3n) is 2.82. The Morgan fingerprint density at radius 1 is 1.50 bits per heavy atom. The smallest absolute Gasteiger partial charge is 0.112 e. The van der Waals surface area contributed by atoms with Gasteiger partial charge in [-0.15, -0.1) is 0 Å². The van der Waals surface area contributed by atoms with Crippen molar-refractivity contribution in [3.8, 4) is 0 Å². The van der Waals surface area contributed by atoms with Crippen LogP contribution in [0.1, 0.15) is 12.8 Å². The fourth-order valence-corrected chi connectivity index (χ4v) is 2.10. The number of rotatable bonds is 1. The normalized spacial score (nSPS) is 38.8. The summed E-state index contributed by atoms with van der Waals surface area (Å²) < 4.78 is 5.67. The van der Waals surface area contributed by atoms with Crippen LogP contribution in [0.25, 0.3) is 0 Å². The summed E-state index contributed by atoms with van der Waals surface area (Å²) >= 11 is 0. The zero-order valence-corrected chi connectivity index (χ0v) is 7.75. The van der Waals surface area contributed by atoms with Crippen molar-refractivity contribution in [2.45, 2.75) is 19.1 Å². The third kappa shape index (κ3) is 1.79. The van der Waals surface area contributed by atoms with E-state index < -0.39 is 0 Å². The first kappa shape index (κ1) is 8.48. The highest BCUT2D eigenvalue weighted by Crippen LogP contribution is 2.20. The Morgan fingerprint density at radius 2 is 2.42 bits per heavy atom. The lowest BCUT2D eigenvalue weighted by atomic mass is 10.1. The Balaban J connectivity index is 1.83. The van der Waals surface area contributed by atoms with Gasteiger partial charge in [0.1, 0.15) is 6.23 Å². The lowest BCUT2D eigenvalue weighted by Crippen LogP contribution is -2.44. The summed E-state index contributed by atoms with van der Waals surface area (Å²) in [6.45, 7) is 4.49. The van der Waals surface area contributed by atoms with Crippen LogP contribution in [0.5, 0.6) is 0 Å². The first-order valence-corrected chi connectivity index (χ1v) is 4.90. The Morgan fingerprint density at radius 3 is 3.00 bits per heavy atom. The molecule has 0 amide bonds. The molecule has 0 aromatic heterocycles. The molecule has 0 bridgehead atoms. The second-order valence-corrected chi connectivity index (χ2v) is 3.91. The maximum absolute atomic E-state index is 5.67. The number of nitrogens with zero attached hydrogens (tertiary/aromatic N) is 1. The summed E-state index contributed by atoms with van der Waals surface area (Å²) in [6, 6.07) is 0. The molecule has 0 aromatic rings. The maximum Gasteiger partial charge on any atom is 0.112 e. The molecule has 70 valence electrons. The first-order chi connectivity index (χ1) is 5.86. The Bertz CT molecular complexity index is 143. The predicted molar refractivity (Wildman–Crippen MR) is 48.0 cm³/mol. The van der Waals surface area contributed by atoms with Crippen molar-refractivity contribution in [2.24, 2.45) is 5.92 Å². The van der Waals surface area contributed by atoms with Gasteiger partial charge < -0.3 is 9.64 Å². The molecule has 0 saturated carbocycles. The van der Waals surface area contributed by atoms with Gasteiger partial charge in [0.25, 0.3) is 0 Å². The minimum Gasteiger partial charge on any atom is -0.363 e. The quantitative estimate of drug-likeness (QED) is 0.611. The summed E-state index contributed by atoms with van der Waals surface area (Å²) in [5.74, 6) is 0.718. The molecular formula is C9H18N2O. The number of ether oxygens (including phenoxy) is 1. The van der Waals surface area contributed by atoms with Gasteiger partial charge in [0.2, 0.25) is 0 Å². The standard InChI is InChI=1S/C9H18N2O/c1-11-5-3-8(7-11)9-10-4-2-6-12-9/h8-10H,2-7H2,1H3. The Hall–Kier alpha value is -0.120. The fraction of sp³-hybridized carbons (Fsp3) is 1.00. The molecule has 2 rings (SSSR count). The van der Waals surface area contributed by atoms with Crippen molar-refractivity contribution in [2.75, 3.05) is 33.3 Å². The van der Waals surface area contributed by atoms with Crippen LogP contribution in [0.2, 0.25) is 0 Å². The van der Waals surface area contributed by atoms with E-state index >= 15 is 0 Å². The molecule has 12 heavy (non-hydrogen) atoms. The number of nitrogens with one attached hydrogen (secondary N) is 1. The van der Waals surface area contributed by atoms with E-state index in [1.54, 1.807) is 0 Å². The molecule has 0 spiro atoms. The van der Waals surface area contributed by atoms with Gasteiger partial charge in [0, 0.05) is 19.1 Å². The topological polar surface area (TPSA) is 24.5 Å².